The number of ether oxygens (including phenoxy) is 2. The highest BCUT2D eigenvalue weighted by Crippen LogP contribution is 2.46. The maximum atomic E-state index is 12.7. The molecule has 2 aliphatic rings. The molecule has 3 rings (SSSR count). The lowest BCUT2D eigenvalue weighted by molar-refractivity contribution is -0.256. The molecule has 1 aromatic rings. The predicted molar refractivity (Wildman–Crippen MR) is 80.4 cm³/mol. The Bertz CT molecular complexity index is 599. The van der Waals surface area contributed by atoms with E-state index in [1.54, 1.807) is 18.2 Å². The number of nitrogens with zero attached hydrogens (tertiary/aromatic N) is 1. The van der Waals surface area contributed by atoms with Crippen LogP contribution in [-0.4, -0.2) is 31.8 Å². The number of alkyl halides is 3. The van der Waals surface area contributed by atoms with Crippen LogP contribution in [0.15, 0.2) is 18.2 Å². The summed E-state index contributed by atoms with van der Waals surface area (Å²) in [6.45, 7) is 0.234. The van der Waals surface area contributed by atoms with Gasteiger partial charge in [-0.25, -0.2) is 0 Å². The highest BCUT2D eigenvalue weighted by atomic mass is 127. The summed E-state index contributed by atoms with van der Waals surface area (Å²) < 4.78 is 49.6. The van der Waals surface area contributed by atoms with Gasteiger partial charge in [0.25, 0.3) is 11.7 Å². The second-order valence-electron chi connectivity index (χ2n) is 5.15. The molecule has 22 heavy (non-hydrogen) atoms. The molecule has 0 saturated carbocycles. The fourth-order valence-corrected chi connectivity index (χ4v) is 3.17. The van der Waals surface area contributed by atoms with Gasteiger partial charge in [-0.15, -0.1) is 0 Å². The number of amides is 1. The summed E-state index contributed by atoms with van der Waals surface area (Å²) in [5.74, 6) is -2.16. The summed E-state index contributed by atoms with van der Waals surface area (Å²) in [5.41, 5.74) is 0.919. The van der Waals surface area contributed by atoms with Gasteiger partial charge in [-0.1, -0.05) is 0 Å². The molecule has 0 unspecified atom stereocenters. The van der Waals surface area contributed by atoms with Crippen molar-refractivity contribution in [2.24, 2.45) is 0 Å². The lowest BCUT2D eigenvalue weighted by atomic mass is 10.1. The molecule has 0 N–H and O–H groups in total. The largest absolute Gasteiger partial charge is 0.390 e. The Kier molecular flexibility index (Phi) is 4.11. The molecule has 0 bridgehead atoms. The van der Waals surface area contributed by atoms with Gasteiger partial charge in [-0.05, 0) is 47.2 Å². The molecule has 0 radical (unpaired) electrons. The molecular weight excluding hydrogens is 414 g/mol. The number of hydrogen-bond donors (Lipinski definition) is 0. The van der Waals surface area contributed by atoms with Crippen LogP contribution >= 0.6 is 22.6 Å². The Morgan fingerprint density at radius 2 is 1.95 bits per heavy atom. The third-order valence-corrected chi connectivity index (χ3v) is 4.32. The number of hydrogen-bond acceptors (Lipinski definition) is 3. The number of carbonyl (C=O) groups is 1. The standard InChI is InChI=1S/C14H13F3INO3/c15-13(16,17)4-5-19-11-3-2-9(18)8-10(11)14(12(19)20)21-6-1-7-22-14/h2-3,8H,1,4-7H2. The molecule has 8 heteroatoms. The zero-order valence-electron chi connectivity index (χ0n) is 11.5. The first-order valence-electron chi connectivity index (χ1n) is 6.80. The zero-order chi connectivity index (χ0) is 16.0. The van der Waals surface area contributed by atoms with E-state index in [1.165, 1.54) is 0 Å². The quantitative estimate of drug-likeness (QED) is 0.681. The maximum Gasteiger partial charge on any atom is 0.390 e. The van der Waals surface area contributed by atoms with Crippen molar-refractivity contribution in [3.8, 4) is 0 Å². The maximum absolute atomic E-state index is 12.7. The van der Waals surface area contributed by atoms with E-state index in [9.17, 15) is 18.0 Å². The summed E-state index contributed by atoms with van der Waals surface area (Å²) in [7, 11) is 0. The van der Waals surface area contributed by atoms with Gasteiger partial charge in [-0.2, -0.15) is 13.2 Å². The molecule has 0 atom stereocenters. The first-order valence-corrected chi connectivity index (χ1v) is 7.88. The molecule has 1 spiro atoms. The molecule has 0 aromatic heterocycles. The van der Waals surface area contributed by atoms with Crippen LogP contribution in [0.5, 0.6) is 0 Å². The van der Waals surface area contributed by atoms with E-state index in [2.05, 4.69) is 22.6 Å². The van der Waals surface area contributed by atoms with E-state index in [0.29, 0.717) is 30.9 Å². The molecule has 1 amide bonds. The Labute approximate surface area is 138 Å². The molecule has 0 aliphatic carbocycles. The normalized spacial score (nSPS) is 20.5. The minimum atomic E-state index is -4.33. The average molecular weight is 427 g/mol. The fraction of sp³-hybridized carbons (Fsp3) is 0.500. The number of carbonyl (C=O) groups excluding carboxylic acids is 1. The minimum Gasteiger partial charge on any atom is -0.338 e. The van der Waals surface area contributed by atoms with Crippen molar-refractivity contribution >= 4 is 34.2 Å². The highest BCUT2D eigenvalue weighted by Gasteiger charge is 2.55. The summed E-state index contributed by atoms with van der Waals surface area (Å²) in [6, 6.07) is 5.11. The summed E-state index contributed by atoms with van der Waals surface area (Å²) in [5, 5.41) is 0. The first-order chi connectivity index (χ1) is 10.3. The Morgan fingerprint density at radius 3 is 2.59 bits per heavy atom. The Balaban J connectivity index is 1.99. The number of anilines is 1. The van der Waals surface area contributed by atoms with E-state index in [-0.39, 0.29) is 0 Å². The van der Waals surface area contributed by atoms with Gasteiger partial charge in [0.2, 0.25) is 0 Å². The molecule has 120 valence electrons. The Morgan fingerprint density at radius 1 is 1.27 bits per heavy atom. The van der Waals surface area contributed by atoms with Crippen LogP contribution in [0.2, 0.25) is 0 Å². The van der Waals surface area contributed by atoms with Crippen molar-refractivity contribution < 1.29 is 27.4 Å². The van der Waals surface area contributed by atoms with Crippen LogP contribution < -0.4 is 4.90 Å². The molecular formula is C14H13F3INO3. The topological polar surface area (TPSA) is 38.8 Å². The van der Waals surface area contributed by atoms with Crippen molar-refractivity contribution in [1.82, 2.24) is 0 Å². The Hall–Kier alpha value is -0.870. The summed E-state index contributed by atoms with van der Waals surface area (Å²) in [4.78, 5) is 13.8. The molecule has 1 fully saturated rings. The molecule has 2 aliphatic heterocycles. The van der Waals surface area contributed by atoms with E-state index >= 15 is 0 Å². The number of rotatable bonds is 2. The monoisotopic (exact) mass is 427 g/mol. The molecule has 1 saturated heterocycles. The third-order valence-electron chi connectivity index (χ3n) is 3.65. The smallest absolute Gasteiger partial charge is 0.338 e. The van der Waals surface area contributed by atoms with E-state index in [1.807, 2.05) is 0 Å². The van der Waals surface area contributed by atoms with Gasteiger partial charge >= 0.3 is 6.18 Å². The average Bonchev–Trinajstić information content (AvgIpc) is 2.67. The summed E-state index contributed by atoms with van der Waals surface area (Å²) in [6.07, 6.45) is -4.75. The third kappa shape index (κ3) is 2.71. The zero-order valence-corrected chi connectivity index (χ0v) is 13.6. The van der Waals surface area contributed by atoms with Crippen molar-refractivity contribution in [2.45, 2.75) is 24.8 Å². The molecule has 1 aromatic carbocycles. The van der Waals surface area contributed by atoms with E-state index in [0.717, 1.165) is 8.47 Å². The predicted octanol–water partition coefficient (Wildman–Crippen LogP) is 3.18. The van der Waals surface area contributed by atoms with Crippen molar-refractivity contribution in [3.05, 3.63) is 27.3 Å². The van der Waals surface area contributed by atoms with E-state index in [4.69, 9.17) is 9.47 Å². The summed E-state index contributed by atoms with van der Waals surface area (Å²) >= 11 is 2.08. The van der Waals surface area contributed by atoms with E-state index < -0.39 is 30.8 Å². The van der Waals surface area contributed by atoms with Crippen LogP contribution in [0.1, 0.15) is 18.4 Å². The van der Waals surface area contributed by atoms with Crippen LogP contribution in [0, 0.1) is 3.57 Å². The molecule has 2 heterocycles. The van der Waals surface area contributed by atoms with Crippen molar-refractivity contribution in [2.75, 3.05) is 24.7 Å². The number of halogens is 4. The second kappa shape index (κ2) is 5.64. The van der Waals surface area contributed by atoms with Crippen molar-refractivity contribution in [3.63, 3.8) is 0 Å². The SMILES string of the molecule is O=C1N(CCC(F)(F)F)c2ccc(I)cc2C12OCCCO2. The van der Waals surface area contributed by atoms with Gasteiger partial charge in [0, 0.05) is 15.7 Å². The minimum absolute atomic E-state index is 0.337. The van der Waals surface area contributed by atoms with Crippen LogP contribution in [0.3, 0.4) is 0 Å². The number of benzene rings is 1. The highest BCUT2D eigenvalue weighted by molar-refractivity contribution is 14.1. The van der Waals surface area contributed by atoms with Gasteiger partial charge in [-0.3, -0.25) is 4.79 Å². The lowest BCUT2D eigenvalue weighted by Gasteiger charge is -2.32. The first kappa shape index (κ1) is 16.0. The number of fused-ring (bicyclic) bond motifs is 2. The van der Waals surface area contributed by atoms with Crippen LogP contribution in [0.4, 0.5) is 18.9 Å². The molecule has 4 nitrogen and oxygen atoms in total. The lowest BCUT2D eigenvalue weighted by Crippen LogP contribution is -2.47. The van der Waals surface area contributed by atoms with Crippen LogP contribution in [0.25, 0.3) is 0 Å². The van der Waals surface area contributed by atoms with Gasteiger partial charge < -0.3 is 14.4 Å². The van der Waals surface area contributed by atoms with Gasteiger partial charge in [0.1, 0.15) is 0 Å². The second-order valence-corrected chi connectivity index (χ2v) is 6.40. The van der Waals surface area contributed by atoms with Gasteiger partial charge in [0.15, 0.2) is 0 Å². The van der Waals surface area contributed by atoms with Crippen LogP contribution in [-0.2, 0) is 20.1 Å². The van der Waals surface area contributed by atoms with Crippen molar-refractivity contribution in [1.29, 1.82) is 0 Å². The van der Waals surface area contributed by atoms with Gasteiger partial charge in [0.05, 0.1) is 25.3 Å². The fourth-order valence-electron chi connectivity index (χ4n) is 2.68.